The van der Waals surface area contributed by atoms with Crippen molar-refractivity contribution in [2.75, 3.05) is 0 Å². The van der Waals surface area contributed by atoms with Gasteiger partial charge in [-0.3, -0.25) is 0 Å². The Labute approximate surface area is 106 Å². The average Bonchev–Trinajstić information content (AvgIpc) is 2.29. The summed E-state index contributed by atoms with van der Waals surface area (Å²) in [6.45, 7) is 0. The molecule has 0 aromatic heterocycles. The molecule has 0 bridgehead atoms. The Morgan fingerprint density at radius 3 is 2.19 bits per heavy atom. The van der Waals surface area contributed by atoms with Crippen LogP contribution in [0.5, 0.6) is 0 Å². The van der Waals surface area contributed by atoms with Gasteiger partial charge in [-0.1, -0.05) is 41.9 Å². The van der Waals surface area contributed by atoms with Crippen molar-refractivity contribution in [2.24, 2.45) is 0 Å². The highest BCUT2D eigenvalue weighted by Crippen LogP contribution is 2.11. The number of rotatable bonds is 2. The van der Waals surface area contributed by atoms with Gasteiger partial charge in [0.25, 0.3) is 0 Å². The van der Waals surface area contributed by atoms with Gasteiger partial charge in [0.05, 0.1) is 10.6 Å². The lowest BCUT2D eigenvalue weighted by molar-refractivity contribution is -0.346. The lowest BCUT2D eigenvalue weighted by Crippen LogP contribution is -3.00. The zero-order chi connectivity index (χ0) is 10.5. The van der Waals surface area contributed by atoms with Crippen molar-refractivity contribution in [3.05, 3.63) is 65.2 Å². The number of nitrogens with one attached hydrogen (secondary N) is 1. The first kappa shape index (κ1) is 12.8. The molecule has 0 aliphatic heterocycles. The summed E-state index contributed by atoms with van der Waals surface area (Å²) in [5.41, 5.74) is 2.04. The van der Waals surface area contributed by atoms with Crippen molar-refractivity contribution in [2.45, 2.75) is 0 Å². The molecule has 82 valence electrons. The van der Waals surface area contributed by atoms with Crippen LogP contribution >= 0.6 is 11.6 Å². The van der Waals surface area contributed by atoms with Crippen LogP contribution in [0.4, 0.5) is 5.69 Å². The maximum absolute atomic E-state index is 6.02. The van der Waals surface area contributed by atoms with Crippen LogP contribution < -0.4 is 17.4 Å². The van der Waals surface area contributed by atoms with Gasteiger partial charge >= 0.3 is 0 Å². The molecular formula is C13H11Cl2N. The molecule has 3 heteroatoms. The monoisotopic (exact) mass is 251 g/mol. The maximum atomic E-state index is 6.02. The minimum absolute atomic E-state index is 0. The summed E-state index contributed by atoms with van der Waals surface area (Å²) in [5.74, 6) is 0. The van der Waals surface area contributed by atoms with Crippen molar-refractivity contribution in [1.29, 1.82) is 0 Å². The van der Waals surface area contributed by atoms with Crippen LogP contribution in [0.25, 0.3) is 0 Å². The number of hydrogen-bond donors (Lipinski definition) is 1. The van der Waals surface area contributed by atoms with Crippen molar-refractivity contribution in [1.82, 2.24) is 0 Å². The Hall–Kier alpha value is -1.31. The van der Waals surface area contributed by atoms with E-state index in [4.69, 9.17) is 11.6 Å². The van der Waals surface area contributed by atoms with Gasteiger partial charge in [-0.15, -0.1) is 0 Å². The molecule has 2 aromatic carbocycles. The number of halogens is 2. The largest absolute Gasteiger partial charge is 1.00 e. The first-order chi connectivity index (χ1) is 7.36. The Kier molecular flexibility index (Phi) is 5.03. The number of para-hydroxylation sites is 1. The van der Waals surface area contributed by atoms with E-state index in [0.717, 1.165) is 16.3 Å². The van der Waals surface area contributed by atoms with E-state index in [1.165, 1.54) is 0 Å². The van der Waals surface area contributed by atoms with Gasteiger partial charge in [0.15, 0.2) is 6.21 Å². The molecule has 0 atom stereocenters. The SMILES string of the molecule is Clc1ccccc1C=[NH+]c1ccccc1.[Cl-]. The molecule has 0 unspecified atom stereocenters. The van der Waals surface area contributed by atoms with Crippen LogP contribution in [-0.2, 0) is 0 Å². The van der Waals surface area contributed by atoms with Crippen molar-refractivity contribution < 1.29 is 17.4 Å². The summed E-state index contributed by atoms with van der Waals surface area (Å²) in [5, 5.41) is 0.751. The van der Waals surface area contributed by atoms with Crippen LogP contribution in [0.1, 0.15) is 5.56 Å². The maximum Gasteiger partial charge on any atom is 0.203 e. The predicted molar refractivity (Wildman–Crippen MR) is 63.7 cm³/mol. The third kappa shape index (κ3) is 3.37. The highest BCUT2D eigenvalue weighted by atomic mass is 35.5. The lowest BCUT2D eigenvalue weighted by atomic mass is 10.2. The number of benzene rings is 2. The van der Waals surface area contributed by atoms with E-state index in [2.05, 4.69) is 4.99 Å². The highest BCUT2D eigenvalue weighted by molar-refractivity contribution is 6.32. The summed E-state index contributed by atoms with van der Waals surface area (Å²) in [6, 6.07) is 17.7. The summed E-state index contributed by atoms with van der Waals surface area (Å²) >= 11 is 6.02. The van der Waals surface area contributed by atoms with Crippen LogP contribution in [-0.4, -0.2) is 6.21 Å². The quantitative estimate of drug-likeness (QED) is 0.671. The molecule has 0 amide bonds. The van der Waals surface area contributed by atoms with E-state index in [-0.39, 0.29) is 12.4 Å². The van der Waals surface area contributed by atoms with Gasteiger partial charge in [0.2, 0.25) is 5.69 Å². The van der Waals surface area contributed by atoms with Gasteiger partial charge in [0.1, 0.15) is 0 Å². The first-order valence-corrected chi connectivity index (χ1v) is 5.13. The Balaban J connectivity index is 0.00000128. The van der Waals surface area contributed by atoms with E-state index < -0.39 is 0 Å². The normalized spacial score (nSPS) is 10.1. The second-order valence-corrected chi connectivity index (χ2v) is 3.58. The van der Waals surface area contributed by atoms with Gasteiger partial charge in [-0.25, -0.2) is 4.99 Å². The topological polar surface area (TPSA) is 14.0 Å². The average molecular weight is 252 g/mol. The third-order valence-electron chi connectivity index (χ3n) is 2.07. The van der Waals surface area contributed by atoms with E-state index in [1.54, 1.807) is 0 Å². The van der Waals surface area contributed by atoms with Crippen LogP contribution in [0.2, 0.25) is 5.02 Å². The van der Waals surface area contributed by atoms with Crippen molar-refractivity contribution >= 4 is 23.5 Å². The molecule has 1 nitrogen and oxygen atoms in total. The fourth-order valence-corrected chi connectivity index (χ4v) is 1.48. The van der Waals surface area contributed by atoms with Gasteiger partial charge in [0, 0.05) is 12.1 Å². The van der Waals surface area contributed by atoms with E-state index in [1.807, 2.05) is 60.8 Å². The Bertz CT molecular complexity index is 466. The molecule has 16 heavy (non-hydrogen) atoms. The van der Waals surface area contributed by atoms with Crippen LogP contribution in [0.3, 0.4) is 0 Å². The minimum atomic E-state index is 0. The zero-order valence-corrected chi connectivity index (χ0v) is 10.0. The van der Waals surface area contributed by atoms with E-state index in [0.29, 0.717) is 0 Å². The van der Waals surface area contributed by atoms with Crippen molar-refractivity contribution in [3.8, 4) is 0 Å². The molecule has 0 heterocycles. The molecule has 2 aromatic rings. The standard InChI is InChI=1S/C13H10ClN.ClH/c14-13-9-5-4-6-11(13)10-15-12-7-2-1-3-8-12;/h1-10H;1H. The van der Waals surface area contributed by atoms with Crippen LogP contribution in [0, 0.1) is 0 Å². The molecule has 0 saturated carbocycles. The predicted octanol–water partition coefficient (Wildman–Crippen LogP) is -0.825. The molecule has 0 fully saturated rings. The lowest BCUT2D eigenvalue weighted by Gasteiger charge is -1.92. The van der Waals surface area contributed by atoms with Crippen LogP contribution in [0.15, 0.2) is 54.6 Å². The fraction of sp³-hybridized carbons (Fsp3) is 0. The van der Waals surface area contributed by atoms with E-state index >= 15 is 0 Å². The second kappa shape index (κ2) is 6.31. The number of hydrogen-bond acceptors (Lipinski definition) is 0. The fourth-order valence-electron chi connectivity index (χ4n) is 1.29. The summed E-state index contributed by atoms with van der Waals surface area (Å²) in [4.78, 5) is 3.19. The molecule has 2 rings (SSSR count). The highest BCUT2D eigenvalue weighted by Gasteiger charge is 1.98. The summed E-state index contributed by atoms with van der Waals surface area (Å²) in [6.07, 6.45) is 1.90. The molecule has 1 N–H and O–H groups in total. The first-order valence-electron chi connectivity index (χ1n) is 4.75. The van der Waals surface area contributed by atoms with Gasteiger partial charge in [-0.2, -0.15) is 0 Å². The molecule has 0 radical (unpaired) electrons. The summed E-state index contributed by atoms with van der Waals surface area (Å²) < 4.78 is 0. The Morgan fingerprint density at radius 1 is 0.875 bits per heavy atom. The van der Waals surface area contributed by atoms with E-state index in [9.17, 15) is 0 Å². The summed E-state index contributed by atoms with van der Waals surface area (Å²) in [7, 11) is 0. The molecule has 0 aliphatic rings. The molecule has 0 aliphatic carbocycles. The molecule has 0 spiro atoms. The van der Waals surface area contributed by atoms with Gasteiger partial charge in [-0.05, 0) is 12.1 Å². The second-order valence-electron chi connectivity index (χ2n) is 3.18. The third-order valence-corrected chi connectivity index (χ3v) is 2.42. The smallest absolute Gasteiger partial charge is 0.203 e. The molecule has 0 saturated heterocycles. The van der Waals surface area contributed by atoms with Crippen molar-refractivity contribution in [3.63, 3.8) is 0 Å². The molecular weight excluding hydrogens is 241 g/mol. The minimum Gasteiger partial charge on any atom is -1.00 e. The Morgan fingerprint density at radius 2 is 1.50 bits per heavy atom. The van der Waals surface area contributed by atoms with Gasteiger partial charge < -0.3 is 12.4 Å². The zero-order valence-electron chi connectivity index (χ0n) is 8.53.